The third kappa shape index (κ3) is 1.97. The minimum absolute atomic E-state index is 0.236. The summed E-state index contributed by atoms with van der Waals surface area (Å²) in [5.74, 6) is 1.01. The number of hydrogen-bond acceptors (Lipinski definition) is 3. The van der Waals surface area contributed by atoms with Gasteiger partial charge in [-0.3, -0.25) is 0 Å². The van der Waals surface area contributed by atoms with Gasteiger partial charge in [-0.05, 0) is 24.8 Å². The Kier molecular flexibility index (Phi) is 3.01. The maximum absolute atomic E-state index is 13.8. The summed E-state index contributed by atoms with van der Waals surface area (Å²) in [6, 6.07) is 2.73. The van der Waals surface area contributed by atoms with Crippen LogP contribution >= 0.6 is 0 Å². The Hall–Kier alpha value is -1.29. The number of rotatable bonds is 4. The first-order chi connectivity index (χ1) is 7.67. The van der Waals surface area contributed by atoms with Crippen LogP contribution in [0.1, 0.15) is 24.4 Å². The topological polar surface area (TPSA) is 44.5 Å². The van der Waals surface area contributed by atoms with Gasteiger partial charge in [-0.15, -0.1) is 0 Å². The van der Waals surface area contributed by atoms with Gasteiger partial charge >= 0.3 is 0 Å². The molecule has 2 rings (SSSR count). The summed E-state index contributed by atoms with van der Waals surface area (Å²) in [5.41, 5.74) is 6.49. The lowest BCUT2D eigenvalue weighted by Gasteiger charge is -2.15. The number of ether oxygens (including phenoxy) is 2. The van der Waals surface area contributed by atoms with E-state index in [1.54, 1.807) is 6.07 Å². The summed E-state index contributed by atoms with van der Waals surface area (Å²) in [4.78, 5) is 0. The van der Waals surface area contributed by atoms with Crippen LogP contribution in [0.5, 0.6) is 11.5 Å². The zero-order valence-corrected chi connectivity index (χ0v) is 9.50. The van der Waals surface area contributed by atoms with E-state index < -0.39 is 0 Å². The van der Waals surface area contributed by atoms with E-state index in [1.807, 2.05) is 0 Å². The normalized spacial score (nSPS) is 17.0. The van der Waals surface area contributed by atoms with E-state index in [2.05, 4.69) is 0 Å². The van der Waals surface area contributed by atoms with E-state index in [0.29, 0.717) is 23.0 Å². The summed E-state index contributed by atoms with van der Waals surface area (Å²) >= 11 is 0. The molecule has 0 unspecified atom stereocenters. The number of halogens is 1. The Morgan fingerprint density at radius 2 is 1.81 bits per heavy atom. The largest absolute Gasteiger partial charge is 0.493 e. The SMILES string of the molecule is COc1cc(F)c([C@H](N)C2CC2)cc1OC. The number of hydrogen-bond donors (Lipinski definition) is 1. The van der Waals surface area contributed by atoms with Gasteiger partial charge in [0.25, 0.3) is 0 Å². The van der Waals surface area contributed by atoms with Gasteiger partial charge in [-0.1, -0.05) is 0 Å². The van der Waals surface area contributed by atoms with Crippen LogP contribution in [-0.4, -0.2) is 14.2 Å². The minimum atomic E-state index is -0.322. The molecule has 0 radical (unpaired) electrons. The molecule has 0 heterocycles. The van der Waals surface area contributed by atoms with E-state index in [4.69, 9.17) is 15.2 Å². The molecule has 1 aliphatic carbocycles. The van der Waals surface area contributed by atoms with Gasteiger partial charge in [0.1, 0.15) is 5.82 Å². The predicted octanol–water partition coefficient (Wildman–Crippen LogP) is 2.25. The number of benzene rings is 1. The summed E-state index contributed by atoms with van der Waals surface area (Å²) in [7, 11) is 3.01. The number of methoxy groups -OCH3 is 2. The van der Waals surface area contributed by atoms with Crippen molar-refractivity contribution in [3.05, 3.63) is 23.5 Å². The lowest BCUT2D eigenvalue weighted by Crippen LogP contribution is -2.14. The van der Waals surface area contributed by atoms with Crippen molar-refractivity contribution in [2.24, 2.45) is 11.7 Å². The first-order valence-electron chi connectivity index (χ1n) is 5.34. The van der Waals surface area contributed by atoms with Crippen molar-refractivity contribution in [1.82, 2.24) is 0 Å². The average molecular weight is 225 g/mol. The average Bonchev–Trinajstić information content (AvgIpc) is 3.11. The van der Waals surface area contributed by atoms with Crippen molar-refractivity contribution >= 4 is 0 Å². The molecule has 1 aliphatic rings. The molecular weight excluding hydrogens is 209 g/mol. The molecule has 1 saturated carbocycles. The lowest BCUT2D eigenvalue weighted by molar-refractivity contribution is 0.350. The fraction of sp³-hybridized carbons (Fsp3) is 0.500. The number of nitrogens with two attached hydrogens (primary N) is 1. The van der Waals surface area contributed by atoms with Gasteiger partial charge in [-0.2, -0.15) is 0 Å². The molecule has 0 saturated heterocycles. The fourth-order valence-corrected chi connectivity index (χ4v) is 1.83. The molecule has 16 heavy (non-hydrogen) atoms. The smallest absolute Gasteiger partial charge is 0.163 e. The van der Waals surface area contributed by atoms with Crippen molar-refractivity contribution in [2.45, 2.75) is 18.9 Å². The second kappa shape index (κ2) is 4.29. The molecule has 0 bridgehead atoms. The van der Waals surface area contributed by atoms with Crippen LogP contribution in [0, 0.1) is 11.7 Å². The van der Waals surface area contributed by atoms with Gasteiger partial charge < -0.3 is 15.2 Å². The maximum Gasteiger partial charge on any atom is 0.163 e. The van der Waals surface area contributed by atoms with Crippen molar-refractivity contribution in [1.29, 1.82) is 0 Å². The minimum Gasteiger partial charge on any atom is -0.493 e. The summed E-state index contributed by atoms with van der Waals surface area (Å²) < 4.78 is 23.9. The van der Waals surface area contributed by atoms with Gasteiger partial charge in [0.15, 0.2) is 11.5 Å². The van der Waals surface area contributed by atoms with E-state index in [9.17, 15) is 4.39 Å². The van der Waals surface area contributed by atoms with Crippen molar-refractivity contribution in [3.8, 4) is 11.5 Å². The molecule has 1 atom stereocenters. The molecule has 1 fully saturated rings. The van der Waals surface area contributed by atoms with Crippen LogP contribution < -0.4 is 15.2 Å². The Balaban J connectivity index is 2.37. The predicted molar refractivity (Wildman–Crippen MR) is 59.2 cm³/mol. The molecule has 88 valence electrons. The van der Waals surface area contributed by atoms with Crippen molar-refractivity contribution < 1.29 is 13.9 Å². The molecule has 0 aromatic heterocycles. The van der Waals surface area contributed by atoms with E-state index in [0.717, 1.165) is 12.8 Å². The van der Waals surface area contributed by atoms with Gasteiger partial charge in [-0.25, -0.2) is 4.39 Å². The molecule has 0 aliphatic heterocycles. The summed E-state index contributed by atoms with van der Waals surface area (Å²) in [6.45, 7) is 0. The van der Waals surface area contributed by atoms with Crippen molar-refractivity contribution in [3.63, 3.8) is 0 Å². The highest BCUT2D eigenvalue weighted by Crippen LogP contribution is 2.42. The quantitative estimate of drug-likeness (QED) is 0.854. The lowest BCUT2D eigenvalue weighted by atomic mass is 10.0. The first-order valence-corrected chi connectivity index (χ1v) is 5.34. The zero-order valence-electron chi connectivity index (χ0n) is 9.50. The maximum atomic E-state index is 13.8. The van der Waals surface area contributed by atoms with E-state index >= 15 is 0 Å². The molecule has 3 nitrogen and oxygen atoms in total. The second-order valence-corrected chi connectivity index (χ2v) is 4.09. The molecule has 1 aromatic rings. The zero-order chi connectivity index (χ0) is 11.7. The molecule has 0 spiro atoms. The van der Waals surface area contributed by atoms with Crippen LogP contribution in [0.25, 0.3) is 0 Å². The van der Waals surface area contributed by atoms with Crippen molar-refractivity contribution in [2.75, 3.05) is 14.2 Å². The fourth-order valence-electron chi connectivity index (χ4n) is 1.83. The van der Waals surface area contributed by atoms with Crippen LogP contribution in [-0.2, 0) is 0 Å². The molecule has 2 N–H and O–H groups in total. The van der Waals surface area contributed by atoms with Crippen LogP contribution in [0.3, 0.4) is 0 Å². The Labute approximate surface area is 94.3 Å². The standard InChI is InChI=1S/C12H16FNO2/c1-15-10-5-8(12(14)7-3-4-7)9(13)6-11(10)16-2/h5-7,12H,3-4,14H2,1-2H3/t12-/m1/s1. The highest BCUT2D eigenvalue weighted by Gasteiger charge is 2.31. The Morgan fingerprint density at radius 3 is 2.31 bits per heavy atom. The highest BCUT2D eigenvalue weighted by atomic mass is 19.1. The Bertz CT molecular complexity index is 391. The van der Waals surface area contributed by atoms with Gasteiger partial charge in [0.05, 0.1) is 14.2 Å². The van der Waals surface area contributed by atoms with E-state index in [1.165, 1.54) is 20.3 Å². The third-order valence-corrected chi connectivity index (χ3v) is 2.99. The van der Waals surface area contributed by atoms with E-state index in [-0.39, 0.29) is 11.9 Å². The van der Waals surface area contributed by atoms with Gasteiger partial charge in [0.2, 0.25) is 0 Å². The molecule has 1 aromatic carbocycles. The highest BCUT2D eigenvalue weighted by molar-refractivity contribution is 5.45. The first kappa shape index (κ1) is 11.2. The van der Waals surface area contributed by atoms with Crippen LogP contribution in [0.2, 0.25) is 0 Å². The second-order valence-electron chi connectivity index (χ2n) is 4.09. The molecule has 4 heteroatoms. The monoisotopic (exact) mass is 225 g/mol. The summed E-state index contributed by atoms with van der Waals surface area (Å²) in [6.07, 6.45) is 2.16. The molecule has 0 amide bonds. The third-order valence-electron chi connectivity index (χ3n) is 2.99. The van der Waals surface area contributed by atoms with Gasteiger partial charge in [0, 0.05) is 17.7 Å². The molecular formula is C12H16FNO2. The Morgan fingerprint density at radius 1 is 1.25 bits per heavy atom. The summed E-state index contributed by atoms with van der Waals surface area (Å²) in [5, 5.41) is 0. The van der Waals surface area contributed by atoms with Crippen LogP contribution in [0.4, 0.5) is 4.39 Å². The van der Waals surface area contributed by atoms with Crippen LogP contribution in [0.15, 0.2) is 12.1 Å².